The molecule has 61 heavy (non-hydrogen) atoms. The van der Waals surface area contributed by atoms with E-state index in [1.54, 1.807) is 0 Å². The van der Waals surface area contributed by atoms with Gasteiger partial charge in [0.25, 0.3) is 0 Å². The molecule has 1 heterocycles. The molecule has 2 aliphatic carbocycles. The fourth-order valence-electron chi connectivity index (χ4n) is 10.7. The zero-order valence-electron chi connectivity index (χ0n) is 33.2. The van der Waals surface area contributed by atoms with E-state index in [4.69, 9.17) is 4.42 Å². The average Bonchev–Trinajstić information content (AvgIpc) is 3.97. The highest BCUT2D eigenvalue weighted by Gasteiger charge is 2.51. The highest BCUT2D eigenvalue weighted by Crippen LogP contribution is 2.63. The van der Waals surface area contributed by atoms with E-state index >= 15 is 0 Å². The number of hydrogen-bond donors (Lipinski definition) is 0. The summed E-state index contributed by atoms with van der Waals surface area (Å²) in [6, 6.07) is 82.2. The second-order valence-electron chi connectivity index (χ2n) is 16.4. The first-order chi connectivity index (χ1) is 30.3. The molecule has 10 aromatic carbocycles. The molecule has 2 heteroatoms. The highest BCUT2D eigenvalue weighted by atomic mass is 16.3. The molecule has 0 atom stereocenters. The van der Waals surface area contributed by atoms with Gasteiger partial charge in [-0.15, -0.1) is 0 Å². The Bertz CT molecular complexity index is 3460. The van der Waals surface area contributed by atoms with Gasteiger partial charge in [-0.25, -0.2) is 0 Å². The van der Waals surface area contributed by atoms with E-state index in [1.807, 2.05) is 0 Å². The number of rotatable bonds is 5. The standard InChI is InChI=1S/C59H37NO/c1-3-15-38(16-4-1)40-27-30-43(31-28-40)60(55-36-42(39-17-5-2-6-18-39)35-50-57-45-20-8-7-19-41(45)29-34-56(57)61-58(50)55)44-32-33-49-48-23-11-14-26-53(48)59(54(49)37-44)51-24-12-9-21-46(51)47-22-10-13-25-52(47)59/h1-37H. The Hall–Kier alpha value is -7.94. The zero-order valence-corrected chi connectivity index (χ0v) is 33.2. The van der Waals surface area contributed by atoms with E-state index in [-0.39, 0.29) is 0 Å². The summed E-state index contributed by atoms with van der Waals surface area (Å²) in [6.45, 7) is 0. The molecule has 11 aromatic rings. The van der Waals surface area contributed by atoms with E-state index in [0.29, 0.717) is 0 Å². The fourth-order valence-corrected chi connectivity index (χ4v) is 10.7. The Morgan fingerprint density at radius 3 is 1.52 bits per heavy atom. The molecular weight excluding hydrogens is 739 g/mol. The SMILES string of the molecule is c1ccc(-c2ccc(N(c3ccc4c(c3)C3(c5ccccc5-c5ccccc53)c3ccccc3-4)c3cc(-c4ccccc4)cc4c3oc3ccc5ccccc5c34)cc2)cc1. The van der Waals surface area contributed by atoms with Crippen LogP contribution in [0.5, 0.6) is 0 Å². The van der Waals surface area contributed by atoms with Crippen LogP contribution in [0.15, 0.2) is 229 Å². The van der Waals surface area contributed by atoms with Crippen LogP contribution in [-0.2, 0) is 5.41 Å². The van der Waals surface area contributed by atoms with E-state index in [1.165, 1.54) is 66.4 Å². The van der Waals surface area contributed by atoms with Crippen molar-refractivity contribution >= 4 is 49.8 Å². The maximum Gasteiger partial charge on any atom is 0.159 e. The first kappa shape index (κ1) is 34.0. The maximum atomic E-state index is 7.09. The topological polar surface area (TPSA) is 16.4 Å². The second kappa shape index (κ2) is 13.0. The van der Waals surface area contributed by atoms with Crippen LogP contribution in [0.1, 0.15) is 22.3 Å². The predicted octanol–water partition coefficient (Wildman–Crippen LogP) is 15.9. The quantitative estimate of drug-likeness (QED) is 0.173. The number of anilines is 3. The van der Waals surface area contributed by atoms with Gasteiger partial charge >= 0.3 is 0 Å². The van der Waals surface area contributed by atoms with Crippen molar-refractivity contribution in [1.82, 2.24) is 0 Å². The molecule has 0 fully saturated rings. The zero-order chi connectivity index (χ0) is 40.1. The van der Waals surface area contributed by atoms with Crippen LogP contribution < -0.4 is 4.90 Å². The molecule has 0 unspecified atom stereocenters. The molecule has 1 aromatic heterocycles. The second-order valence-corrected chi connectivity index (χ2v) is 16.4. The van der Waals surface area contributed by atoms with E-state index in [9.17, 15) is 0 Å². The number of nitrogens with zero attached hydrogens (tertiary/aromatic N) is 1. The lowest BCUT2D eigenvalue weighted by atomic mass is 9.70. The van der Waals surface area contributed by atoms with Crippen molar-refractivity contribution in [3.8, 4) is 44.5 Å². The van der Waals surface area contributed by atoms with Gasteiger partial charge in [0.15, 0.2) is 5.58 Å². The van der Waals surface area contributed by atoms with Gasteiger partial charge in [-0.2, -0.15) is 0 Å². The van der Waals surface area contributed by atoms with Gasteiger partial charge in [0.2, 0.25) is 0 Å². The minimum absolute atomic E-state index is 0.475. The molecule has 0 saturated heterocycles. The van der Waals surface area contributed by atoms with Gasteiger partial charge in [-0.3, -0.25) is 0 Å². The molecule has 13 rings (SSSR count). The molecule has 0 aliphatic heterocycles. The summed E-state index contributed by atoms with van der Waals surface area (Å²) < 4.78 is 7.09. The summed E-state index contributed by atoms with van der Waals surface area (Å²) in [7, 11) is 0. The van der Waals surface area contributed by atoms with Crippen LogP contribution in [0.4, 0.5) is 17.1 Å². The smallest absolute Gasteiger partial charge is 0.159 e. The third kappa shape index (κ3) is 4.85. The van der Waals surface area contributed by atoms with Gasteiger partial charge in [0, 0.05) is 22.1 Å². The highest BCUT2D eigenvalue weighted by molar-refractivity contribution is 6.22. The molecule has 0 N–H and O–H groups in total. The van der Waals surface area contributed by atoms with Crippen LogP contribution in [0.25, 0.3) is 77.2 Å². The van der Waals surface area contributed by atoms with E-state index < -0.39 is 5.41 Å². The molecule has 0 bridgehead atoms. The minimum Gasteiger partial charge on any atom is -0.454 e. The Labute approximate surface area is 354 Å². The minimum atomic E-state index is -0.475. The van der Waals surface area contributed by atoms with Crippen molar-refractivity contribution in [3.63, 3.8) is 0 Å². The van der Waals surface area contributed by atoms with Crippen LogP contribution in [0.3, 0.4) is 0 Å². The van der Waals surface area contributed by atoms with Gasteiger partial charge in [0.05, 0.1) is 11.1 Å². The summed E-state index contributed by atoms with van der Waals surface area (Å²) in [5.41, 5.74) is 19.4. The van der Waals surface area contributed by atoms with Crippen LogP contribution in [-0.4, -0.2) is 0 Å². The average molecular weight is 776 g/mol. The Balaban J connectivity index is 1.12. The first-order valence-corrected chi connectivity index (χ1v) is 21.1. The molecule has 2 nitrogen and oxygen atoms in total. The number of furan rings is 1. The molecular formula is C59H37NO. The maximum absolute atomic E-state index is 7.09. The lowest BCUT2D eigenvalue weighted by Crippen LogP contribution is -2.26. The van der Waals surface area contributed by atoms with Crippen molar-refractivity contribution in [2.24, 2.45) is 0 Å². The summed E-state index contributed by atoms with van der Waals surface area (Å²) >= 11 is 0. The van der Waals surface area contributed by atoms with Crippen molar-refractivity contribution in [2.75, 3.05) is 4.90 Å². The van der Waals surface area contributed by atoms with Gasteiger partial charge in [-0.05, 0) is 120 Å². The molecule has 0 amide bonds. The summed E-state index contributed by atoms with van der Waals surface area (Å²) in [6.07, 6.45) is 0. The monoisotopic (exact) mass is 775 g/mol. The van der Waals surface area contributed by atoms with Crippen molar-refractivity contribution in [3.05, 3.63) is 247 Å². The molecule has 2 aliphatic rings. The molecule has 0 radical (unpaired) electrons. The lowest BCUT2D eigenvalue weighted by Gasteiger charge is -2.32. The largest absolute Gasteiger partial charge is 0.454 e. The third-order valence-corrected chi connectivity index (χ3v) is 13.3. The van der Waals surface area contributed by atoms with Crippen molar-refractivity contribution < 1.29 is 4.42 Å². The number of hydrogen-bond acceptors (Lipinski definition) is 2. The predicted molar refractivity (Wildman–Crippen MR) is 253 cm³/mol. The molecule has 1 spiro atoms. The van der Waals surface area contributed by atoms with Crippen molar-refractivity contribution in [2.45, 2.75) is 5.41 Å². The van der Waals surface area contributed by atoms with Crippen LogP contribution in [0, 0.1) is 0 Å². The Morgan fingerprint density at radius 1 is 0.344 bits per heavy atom. The summed E-state index contributed by atoms with van der Waals surface area (Å²) in [5, 5.41) is 4.61. The van der Waals surface area contributed by atoms with Gasteiger partial charge < -0.3 is 9.32 Å². The van der Waals surface area contributed by atoms with E-state index in [2.05, 4.69) is 229 Å². The van der Waals surface area contributed by atoms with Gasteiger partial charge in [0.1, 0.15) is 5.58 Å². The van der Waals surface area contributed by atoms with E-state index in [0.717, 1.165) is 50.1 Å². The first-order valence-electron chi connectivity index (χ1n) is 21.1. The third-order valence-electron chi connectivity index (χ3n) is 13.3. The fraction of sp³-hybridized carbons (Fsp3) is 0.0169. The normalized spacial score (nSPS) is 13.0. The van der Waals surface area contributed by atoms with Crippen LogP contribution in [0.2, 0.25) is 0 Å². The molecule has 284 valence electrons. The Morgan fingerprint density at radius 2 is 0.869 bits per heavy atom. The van der Waals surface area contributed by atoms with Crippen molar-refractivity contribution in [1.29, 1.82) is 0 Å². The number of benzene rings is 10. The molecule has 0 saturated carbocycles. The Kier molecular flexibility index (Phi) is 7.26. The van der Waals surface area contributed by atoms with Crippen LogP contribution >= 0.6 is 0 Å². The van der Waals surface area contributed by atoms with Gasteiger partial charge in [-0.1, -0.05) is 182 Å². The summed E-state index contributed by atoms with van der Waals surface area (Å²) in [5.74, 6) is 0. The lowest BCUT2D eigenvalue weighted by molar-refractivity contribution is 0.669. The summed E-state index contributed by atoms with van der Waals surface area (Å²) in [4.78, 5) is 2.43. The number of fused-ring (bicyclic) bond motifs is 15.